The number of carbonyl (C=O) groups excluding carboxylic acids is 3. The quantitative estimate of drug-likeness (QED) is 0.782. The van der Waals surface area contributed by atoms with E-state index in [1.54, 1.807) is 0 Å². The van der Waals surface area contributed by atoms with E-state index in [0.29, 0.717) is 6.54 Å². The highest BCUT2D eigenvalue weighted by Gasteiger charge is 2.50. The summed E-state index contributed by atoms with van der Waals surface area (Å²) in [5.41, 5.74) is 0.0925. The second-order valence-corrected chi connectivity index (χ2v) is 7.04. The molecule has 0 aromatic carbocycles. The van der Waals surface area contributed by atoms with Crippen molar-refractivity contribution in [2.24, 2.45) is 11.8 Å². The van der Waals surface area contributed by atoms with Gasteiger partial charge in [0.2, 0.25) is 0 Å². The van der Waals surface area contributed by atoms with Gasteiger partial charge in [-0.3, -0.25) is 14.4 Å². The molecule has 1 unspecified atom stereocenters. The number of carbonyl (C=O) groups is 3. The fraction of sp³-hybridized carbons (Fsp3) is 0.722. The van der Waals surface area contributed by atoms with Gasteiger partial charge in [0.1, 0.15) is 6.04 Å². The monoisotopic (exact) mass is 319 g/mol. The zero-order chi connectivity index (χ0) is 16.6. The molecule has 1 aliphatic heterocycles. The highest BCUT2D eigenvalue weighted by atomic mass is 16.3. The number of rotatable bonds is 7. The van der Waals surface area contributed by atoms with Crippen molar-refractivity contribution in [3.63, 3.8) is 0 Å². The topological polar surface area (TPSA) is 74.7 Å². The van der Waals surface area contributed by atoms with Crippen LogP contribution in [0.1, 0.15) is 58.3 Å². The maximum atomic E-state index is 12.8. The summed E-state index contributed by atoms with van der Waals surface area (Å²) < 4.78 is 0. The first-order valence-corrected chi connectivity index (χ1v) is 8.88. The molecule has 5 heteroatoms. The second kappa shape index (κ2) is 6.46. The van der Waals surface area contributed by atoms with Gasteiger partial charge in [0, 0.05) is 18.4 Å². The van der Waals surface area contributed by atoms with E-state index in [0.717, 1.165) is 51.4 Å². The Morgan fingerprint density at radius 2 is 1.78 bits per heavy atom. The summed E-state index contributed by atoms with van der Waals surface area (Å²) in [7, 11) is 0. The van der Waals surface area contributed by atoms with Crippen LogP contribution < -0.4 is 0 Å². The van der Waals surface area contributed by atoms with Gasteiger partial charge >= 0.3 is 0 Å². The Labute approximate surface area is 136 Å². The van der Waals surface area contributed by atoms with Crippen molar-refractivity contribution in [2.75, 3.05) is 6.54 Å². The first-order chi connectivity index (χ1) is 11.1. The number of unbranched alkanes of at least 4 members (excludes halogenated alkanes) is 1. The minimum absolute atomic E-state index is 0.0470. The molecule has 126 valence electrons. The summed E-state index contributed by atoms with van der Waals surface area (Å²) in [5, 5.41) is 10.3. The summed E-state index contributed by atoms with van der Waals surface area (Å²) in [6.45, 7) is 2.43. The first kappa shape index (κ1) is 16.2. The zero-order valence-corrected chi connectivity index (χ0v) is 13.7. The Bertz CT molecular complexity index is 555. The summed E-state index contributed by atoms with van der Waals surface area (Å²) in [6, 6.07) is -0.838. The van der Waals surface area contributed by atoms with Crippen molar-refractivity contribution >= 4 is 17.5 Å². The average molecular weight is 319 g/mol. The van der Waals surface area contributed by atoms with E-state index in [-0.39, 0.29) is 29.0 Å². The number of amides is 1. The Balaban J connectivity index is 1.90. The lowest BCUT2D eigenvalue weighted by atomic mass is 9.89. The molecule has 0 radical (unpaired) electrons. The number of aliphatic hydroxyl groups excluding tert-OH is 1. The molecule has 5 nitrogen and oxygen atoms in total. The van der Waals surface area contributed by atoms with Gasteiger partial charge in [0.15, 0.2) is 17.3 Å². The Hall–Kier alpha value is -1.65. The molecule has 0 aromatic heterocycles. The Kier molecular flexibility index (Phi) is 4.55. The fourth-order valence-electron chi connectivity index (χ4n) is 3.76. The van der Waals surface area contributed by atoms with Crippen LogP contribution in [0.5, 0.6) is 0 Å². The van der Waals surface area contributed by atoms with Crippen LogP contribution in [-0.2, 0) is 14.4 Å². The van der Waals surface area contributed by atoms with E-state index in [1.165, 1.54) is 4.90 Å². The lowest BCUT2D eigenvalue weighted by Gasteiger charge is -2.26. The molecule has 1 N–H and O–H groups in total. The molecule has 0 saturated heterocycles. The second-order valence-electron chi connectivity index (χ2n) is 7.04. The molecular formula is C18H25NO4. The van der Waals surface area contributed by atoms with Gasteiger partial charge in [-0.15, -0.1) is 0 Å². The van der Waals surface area contributed by atoms with Crippen LogP contribution in [-0.4, -0.2) is 40.1 Å². The van der Waals surface area contributed by atoms with Crippen molar-refractivity contribution in [3.05, 3.63) is 11.3 Å². The molecule has 0 spiro atoms. The standard InChI is InChI=1S/C18H25NO4/c1-2-3-10-19-14(16(21)12-8-9-12)13(17(22)18(19)23)15(20)11-6-4-5-7-11/h11-12,14,22H,2-10H2,1H3. The maximum Gasteiger partial charge on any atom is 0.290 e. The predicted octanol–water partition coefficient (Wildman–Crippen LogP) is 2.55. The van der Waals surface area contributed by atoms with E-state index < -0.39 is 17.7 Å². The van der Waals surface area contributed by atoms with Crippen LogP contribution in [0.3, 0.4) is 0 Å². The SMILES string of the molecule is CCCCN1C(=O)C(O)=C(C(=O)C2CCCC2)C1C(=O)C1CC1. The minimum atomic E-state index is -0.838. The van der Waals surface area contributed by atoms with Gasteiger partial charge in [-0.05, 0) is 32.1 Å². The highest BCUT2D eigenvalue weighted by molar-refractivity contribution is 6.15. The van der Waals surface area contributed by atoms with Crippen LogP contribution in [0, 0.1) is 11.8 Å². The van der Waals surface area contributed by atoms with Crippen LogP contribution in [0.4, 0.5) is 0 Å². The molecular weight excluding hydrogens is 294 g/mol. The predicted molar refractivity (Wildman–Crippen MR) is 84.8 cm³/mol. The van der Waals surface area contributed by atoms with E-state index in [1.807, 2.05) is 6.92 Å². The number of aliphatic hydroxyl groups is 1. The van der Waals surface area contributed by atoms with Gasteiger partial charge in [0.25, 0.3) is 5.91 Å². The van der Waals surface area contributed by atoms with Crippen LogP contribution >= 0.6 is 0 Å². The minimum Gasteiger partial charge on any atom is -0.503 e. The lowest BCUT2D eigenvalue weighted by Crippen LogP contribution is -2.44. The smallest absolute Gasteiger partial charge is 0.290 e. The van der Waals surface area contributed by atoms with Crippen molar-refractivity contribution in [1.82, 2.24) is 4.90 Å². The summed E-state index contributed by atoms with van der Waals surface area (Å²) in [4.78, 5) is 39.4. The van der Waals surface area contributed by atoms with Gasteiger partial charge < -0.3 is 10.0 Å². The van der Waals surface area contributed by atoms with E-state index >= 15 is 0 Å². The number of nitrogens with zero attached hydrogens (tertiary/aromatic N) is 1. The summed E-state index contributed by atoms with van der Waals surface area (Å²) in [6.07, 6.45) is 6.90. The lowest BCUT2D eigenvalue weighted by molar-refractivity contribution is -0.135. The third-order valence-corrected chi connectivity index (χ3v) is 5.30. The van der Waals surface area contributed by atoms with Crippen LogP contribution in [0.25, 0.3) is 0 Å². The Morgan fingerprint density at radius 1 is 1.13 bits per heavy atom. The van der Waals surface area contributed by atoms with Crippen molar-refractivity contribution in [2.45, 2.75) is 64.3 Å². The fourth-order valence-corrected chi connectivity index (χ4v) is 3.76. The van der Waals surface area contributed by atoms with Crippen molar-refractivity contribution < 1.29 is 19.5 Å². The zero-order valence-electron chi connectivity index (χ0n) is 13.7. The molecule has 2 fully saturated rings. The summed E-state index contributed by atoms with van der Waals surface area (Å²) in [5.74, 6) is -1.43. The highest BCUT2D eigenvalue weighted by Crippen LogP contribution is 2.39. The normalized spacial score (nSPS) is 25.5. The molecule has 1 heterocycles. The largest absolute Gasteiger partial charge is 0.503 e. The molecule has 1 atom stereocenters. The molecule has 23 heavy (non-hydrogen) atoms. The number of Topliss-reactive ketones (excluding diaryl/α,β-unsaturated/α-hetero) is 2. The van der Waals surface area contributed by atoms with Crippen LogP contribution in [0.2, 0.25) is 0 Å². The Morgan fingerprint density at radius 3 is 2.35 bits per heavy atom. The van der Waals surface area contributed by atoms with Gasteiger partial charge in [0.05, 0.1) is 5.57 Å². The molecule has 2 saturated carbocycles. The number of ketones is 2. The molecule has 3 rings (SSSR count). The van der Waals surface area contributed by atoms with Gasteiger partial charge in [-0.2, -0.15) is 0 Å². The van der Waals surface area contributed by atoms with Crippen molar-refractivity contribution in [3.8, 4) is 0 Å². The molecule has 1 amide bonds. The van der Waals surface area contributed by atoms with E-state index in [9.17, 15) is 19.5 Å². The van der Waals surface area contributed by atoms with E-state index in [4.69, 9.17) is 0 Å². The third-order valence-electron chi connectivity index (χ3n) is 5.30. The van der Waals surface area contributed by atoms with E-state index in [2.05, 4.69) is 0 Å². The van der Waals surface area contributed by atoms with Gasteiger partial charge in [-0.1, -0.05) is 26.2 Å². The molecule has 0 bridgehead atoms. The average Bonchev–Trinajstić information content (AvgIpc) is 3.19. The first-order valence-electron chi connectivity index (χ1n) is 8.88. The summed E-state index contributed by atoms with van der Waals surface area (Å²) >= 11 is 0. The third kappa shape index (κ3) is 2.93. The molecule has 0 aromatic rings. The number of hydrogen-bond acceptors (Lipinski definition) is 4. The maximum absolute atomic E-state index is 12.8. The molecule has 2 aliphatic carbocycles. The molecule has 3 aliphatic rings. The number of hydrogen-bond donors (Lipinski definition) is 1. The van der Waals surface area contributed by atoms with Crippen LogP contribution in [0.15, 0.2) is 11.3 Å². The van der Waals surface area contributed by atoms with Crippen molar-refractivity contribution in [1.29, 1.82) is 0 Å². The van der Waals surface area contributed by atoms with Gasteiger partial charge in [-0.25, -0.2) is 0 Å².